The standard InChI is InChI=1S/C20H18N4/c1-15-14-17(7-9-18-6-4-5-12-21-18)8-10-19(15)23-16(2)20-11-13-22-24(20)3/h4-6,8,10-14,23H,2H2,1,3H3. The summed E-state index contributed by atoms with van der Waals surface area (Å²) in [6, 6.07) is 13.7. The molecule has 0 saturated carbocycles. The molecule has 2 heterocycles. The van der Waals surface area contributed by atoms with Crippen LogP contribution in [0, 0.1) is 18.8 Å². The molecule has 0 aliphatic rings. The summed E-state index contributed by atoms with van der Waals surface area (Å²) in [5, 5.41) is 7.50. The number of hydrogen-bond acceptors (Lipinski definition) is 3. The van der Waals surface area contributed by atoms with E-state index in [0.29, 0.717) is 0 Å². The summed E-state index contributed by atoms with van der Waals surface area (Å²) in [6.07, 6.45) is 3.50. The predicted octanol–water partition coefficient (Wildman–Crippen LogP) is 3.61. The molecular weight excluding hydrogens is 296 g/mol. The number of benzene rings is 1. The van der Waals surface area contributed by atoms with E-state index >= 15 is 0 Å². The highest BCUT2D eigenvalue weighted by Gasteiger charge is 2.06. The molecule has 1 aromatic carbocycles. The largest absolute Gasteiger partial charge is 0.354 e. The van der Waals surface area contributed by atoms with Gasteiger partial charge in [0.15, 0.2) is 0 Å². The van der Waals surface area contributed by atoms with Crippen molar-refractivity contribution in [2.45, 2.75) is 6.92 Å². The first kappa shape index (κ1) is 15.6. The number of nitrogens with one attached hydrogen (secondary N) is 1. The molecule has 0 spiro atoms. The lowest BCUT2D eigenvalue weighted by atomic mass is 10.1. The van der Waals surface area contributed by atoms with Gasteiger partial charge in [-0.1, -0.05) is 18.6 Å². The lowest BCUT2D eigenvalue weighted by molar-refractivity contribution is 0.756. The van der Waals surface area contributed by atoms with Gasteiger partial charge in [-0.3, -0.25) is 4.68 Å². The minimum atomic E-state index is 0.766. The molecule has 2 aromatic heterocycles. The molecule has 0 radical (unpaired) electrons. The van der Waals surface area contributed by atoms with Crippen LogP contribution < -0.4 is 5.32 Å². The monoisotopic (exact) mass is 314 g/mol. The van der Waals surface area contributed by atoms with Crippen LogP contribution in [0.4, 0.5) is 5.69 Å². The second-order valence-corrected chi connectivity index (χ2v) is 5.44. The fourth-order valence-corrected chi connectivity index (χ4v) is 2.35. The van der Waals surface area contributed by atoms with Gasteiger partial charge in [0.25, 0.3) is 0 Å². The number of nitrogens with zero attached hydrogens (tertiary/aromatic N) is 3. The summed E-state index contributed by atoms with van der Waals surface area (Å²) in [5.41, 5.74) is 5.59. The van der Waals surface area contributed by atoms with Crippen LogP contribution in [0.2, 0.25) is 0 Å². The Bertz CT molecular complexity index is 927. The molecular formula is C20H18N4. The first-order valence-corrected chi connectivity index (χ1v) is 7.61. The Labute approximate surface area is 141 Å². The zero-order chi connectivity index (χ0) is 16.9. The third-order valence-electron chi connectivity index (χ3n) is 3.64. The fraction of sp³-hybridized carbons (Fsp3) is 0.100. The summed E-state index contributed by atoms with van der Waals surface area (Å²) in [5.74, 6) is 6.21. The highest BCUT2D eigenvalue weighted by atomic mass is 15.3. The van der Waals surface area contributed by atoms with Crippen molar-refractivity contribution in [3.8, 4) is 11.8 Å². The van der Waals surface area contributed by atoms with E-state index in [4.69, 9.17) is 0 Å². The van der Waals surface area contributed by atoms with E-state index in [-0.39, 0.29) is 0 Å². The third-order valence-corrected chi connectivity index (χ3v) is 3.64. The molecule has 0 atom stereocenters. The number of hydrogen-bond donors (Lipinski definition) is 1. The Hall–Kier alpha value is -3.32. The number of anilines is 1. The van der Waals surface area contributed by atoms with Gasteiger partial charge in [0.2, 0.25) is 0 Å². The van der Waals surface area contributed by atoms with Crippen LogP contribution in [0.3, 0.4) is 0 Å². The lowest BCUT2D eigenvalue weighted by Crippen LogP contribution is -2.04. The second kappa shape index (κ2) is 6.84. The van der Waals surface area contributed by atoms with E-state index in [9.17, 15) is 0 Å². The van der Waals surface area contributed by atoms with E-state index in [2.05, 4.69) is 39.9 Å². The van der Waals surface area contributed by atoms with Gasteiger partial charge >= 0.3 is 0 Å². The molecule has 3 rings (SSSR count). The van der Waals surface area contributed by atoms with E-state index in [1.165, 1.54) is 0 Å². The van der Waals surface area contributed by atoms with E-state index < -0.39 is 0 Å². The Morgan fingerprint density at radius 2 is 2.00 bits per heavy atom. The summed E-state index contributed by atoms with van der Waals surface area (Å²) in [4.78, 5) is 4.20. The lowest BCUT2D eigenvalue weighted by Gasteiger charge is -2.12. The molecule has 0 aliphatic heterocycles. The Morgan fingerprint density at radius 1 is 1.12 bits per heavy atom. The maximum absolute atomic E-state index is 4.20. The molecule has 24 heavy (non-hydrogen) atoms. The van der Waals surface area contributed by atoms with Crippen LogP contribution in [0.25, 0.3) is 5.70 Å². The molecule has 118 valence electrons. The van der Waals surface area contributed by atoms with Crippen LogP contribution in [0.15, 0.2) is 61.4 Å². The number of aryl methyl sites for hydroxylation is 2. The molecule has 0 aliphatic carbocycles. The van der Waals surface area contributed by atoms with Gasteiger partial charge < -0.3 is 5.32 Å². The van der Waals surface area contributed by atoms with Crippen LogP contribution in [-0.2, 0) is 7.05 Å². The highest BCUT2D eigenvalue weighted by Crippen LogP contribution is 2.21. The van der Waals surface area contributed by atoms with Crippen molar-refractivity contribution in [1.82, 2.24) is 14.8 Å². The fourth-order valence-electron chi connectivity index (χ4n) is 2.35. The Balaban J connectivity index is 1.77. The van der Waals surface area contributed by atoms with Crippen molar-refractivity contribution in [2.75, 3.05) is 5.32 Å². The smallest absolute Gasteiger partial charge is 0.113 e. The van der Waals surface area contributed by atoms with Crippen molar-refractivity contribution in [3.63, 3.8) is 0 Å². The van der Waals surface area contributed by atoms with E-state index in [0.717, 1.165) is 33.9 Å². The molecule has 4 heteroatoms. The number of pyridine rings is 1. The molecule has 3 aromatic rings. The topological polar surface area (TPSA) is 42.7 Å². The van der Waals surface area contributed by atoms with Gasteiger partial charge in [-0.2, -0.15) is 5.10 Å². The van der Waals surface area contributed by atoms with Gasteiger partial charge in [0, 0.05) is 30.7 Å². The summed E-state index contributed by atoms with van der Waals surface area (Å²) in [6.45, 7) is 6.13. The van der Waals surface area contributed by atoms with Gasteiger partial charge in [0.05, 0.1) is 11.4 Å². The molecule has 1 N–H and O–H groups in total. The summed E-state index contributed by atoms with van der Waals surface area (Å²) in [7, 11) is 1.89. The van der Waals surface area contributed by atoms with Crippen LogP contribution in [-0.4, -0.2) is 14.8 Å². The van der Waals surface area contributed by atoms with E-state index in [1.807, 2.05) is 50.4 Å². The maximum atomic E-state index is 4.20. The second-order valence-electron chi connectivity index (χ2n) is 5.44. The SMILES string of the molecule is C=C(Nc1ccc(C#Cc2ccccn2)cc1C)c1ccnn1C. The van der Waals surface area contributed by atoms with Crippen LogP contribution in [0.5, 0.6) is 0 Å². The van der Waals surface area contributed by atoms with Crippen molar-refractivity contribution in [1.29, 1.82) is 0 Å². The summed E-state index contributed by atoms with van der Waals surface area (Å²) < 4.78 is 1.79. The maximum Gasteiger partial charge on any atom is 0.113 e. The Morgan fingerprint density at radius 3 is 2.67 bits per heavy atom. The third kappa shape index (κ3) is 3.53. The van der Waals surface area contributed by atoms with E-state index in [1.54, 1.807) is 17.1 Å². The molecule has 0 bridgehead atoms. The first-order chi connectivity index (χ1) is 11.6. The van der Waals surface area contributed by atoms with Crippen molar-refractivity contribution in [2.24, 2.45) is 7.05 Å². The average molecular weight is 314 g/mol. The van der Waals surface area contributed by atoms with Crippen molar-refractivity contribution < 1.29 is 0 Å². The quantitative estimate of drug-likeness (QED) is 0.751. The molecule has 4 nitrogen and oxygen atoms in total. The predicted molar refractivity (Wildman–Crippen MR) is 97.3 cm³/mol. The summed E-state index contributed by atoms with van der Waals surface area (Å²) >= 11 is 0. The van der Waals surface area contributed by atoms with Gasteiger partial charge in [-0.15, -0.1) is 0 Å². The highest BCUT2D eigenvalue weighted by molar-refractivity contribution is 5.75. The molecule has 0 amide bonds. The first-order valence-electron chi connectivity index (χ1n) is 7.61. The number of rotatable bonds is 3. The number of aromatic nitrogens is 3. The van der Waals surface area contributed by atoms with Crippen molar-refractivity contribution >= 4 is 11.4 Å². The minimum absolute atomic E-state index is 0.766. The minimum Gasteiger partial charge on any atom is -0.354 e. The van der Waals surface area contributed by atoms with Crippen molar-refractivity contribution in [3.05, 3.63) is 84.0 Å². The normalized spacial score (nSPS) is 9.92. The zero-order valence-electron chi connectivity index (χ0n) is 13.7. The Kier molecular flexibility index (Phi) is 4.44. The van der Waals surface area contributed by atoms with Gasteiger partial charge in [-0.25, -0.2) is 4.98 Å². The molecule has 0 saturated heterocycles. The average Bonchev–Trinajstić information content (AvgIpc) is 3.02. The van der Waals surface area contributed by atoms with Gasteiger partial charge in [0.1, 0.15) is 5.69 Å². The molecule has 0 unspecified atom stereocenters. The van der Waals surface area contributed by atoms with Crippen LogP contribution in [0.1, 0.15) is 22.5 Å². The zero-order valence-corrected chi connectivity index (χ0v) is 13.7. The van der Waals surface area contributed by atoms with Crippen LogP contribution >= 0.6 is 0 Å². The van der Waals surface area contributed by atoms with Gasteiger partial charge in [-0.05, 0) is 54.8 Å². The molecule has 0 fully saturated rings.